The molecule has 0 aliphatic heterocycles. The van der Waals surface area contributed by atoms with E-state index >= 15 is 0 Å². The van der Waals surface area contributed by atoms with E-state index in [1.54, 1.807) is 7.11 Å². The van der Waals surface area contributed by atoms with Gasteiger partial charge in [-0.1, -0.05) is 0 Å². The fourth-order valence-corrected chi connectivity index (χ4v) is 0.672. The van der Waals surface area contributed by atoms with Crippen LogP contribution in [-0.2, 0) is 19.5 Å². The van der Waals surface area contributed by atoms with Gasteiger partial charge < -0.3 is 4.74 Å². The molecule has 11 heavy (non-hydrogen) atoms. The molecule has 0 atom stereocenters. The quantitative estimate of drug-likeness (QED) is 0.524. The van der Waals surface area contributed by atoms with E-state index in [9.17, 15) is 0 Å². The molecule has 1 aromatic carbocycles. The van der Waals surface area contributed by atoms with E-state index in [0.717, 1.165) is 11.3 Å². The molecule has 0 saturated carbocycles. The Morgan fingerprint density at radius 1 is 1.36 bits per heavy atom. The predicted molar refractivity (Wildman–Crippen MR) is 44.7 cm³/mol. The summed E-state index contributed by atoms with van der Waals surface area (Å²) in [6.45, 7) is 3.75. The fraction of sp³-hybridized carbons (Fsp3) is 0.125. The molecule has 3 heteroatoms. The van der Waals surface area contributed by atoms with Crippen molar-refractivity contribution in [2.45, 2.75) is 0 Å². The second-order valence-corrected chi connectivity index (χ2v) is 1.85. The Hall–Kier alpha value is -0.197. The number of rotatable bonds is 1. The summed E-state index contributed by atoms with van der Waals surface area (Å²) in [6, 6.07) is 7.64. The molecule has 1 rings (SSSR count). The first-order valence-corrected chi connectivity index (χ1v) is 2.79. The third kappa shape index (κ3) is 4.28. The van der Waals surface area contributed by atoms with Gasteiger partial charge in [0.25, 0.3) is 0 Å². The van der Waals surface area contributed by atoms with Crippen molar-refractivity contribution in [1.82, 2.24) is 0 Å². The number of hydrogen-bond acceptors (Lipinski definition) is 1. The monoisotopic (exact) mass is 221 g/mol. The summed E-state index contributed by atoms with van der Waals surface area (Å²) in [5.74, 6) is 0.863. The van der Waals surface area contributed by atoms with E-state index in [1.807, 2.05) is 24.3 Å². The summed E-state index contributed by atoms with van der Waals surface area (Å²) in [7, 11) is 1.65. The molecule has 0 bridgehead atoms. The Kier molecular flexibility index (Phi) is 7.93. The van der Waals surface area contributed by atoms with Gasteiger partial charge in [0.05, 0.1) is 12.9 Å². The molecule has 58 valence electrons. The molecular formula is C8H10ClOZn-. The summed E-state index contributed by atoms with van der Waals surface area (Å²) < 4.78 is 4.96. The smallest absolute Gasteiger partial charge is 0.0759 e. The molecule has 0 amide bonds. The van der Waals surface area contributed by atoms with Gasteiger partial charge in [-0.15, -0.1) is 24.5 Å². The van der Waals surface area contributed by atoms with Gasteiger partial charge >= 0.3 is 0 Å². The zero-order valence-corrected chi connectivity index (χ0v) is 10.3. The zero-order valence-electron chi connectivity index (χ0n) is 6.54. The third-order valence-corrected chi connectivity index (χ3v) is 1.13. The molecule has 0 fully saturated rings. The molecule has 1 nitrogen and oxygen atoms in total. The first-order valence-electron chi connectivity index (χ1n) is 2.79. The summed E-state index contributed by atoms with van der Waals surface area (Å²) in [4.78, 5) is 0. The van der Waals surface area contributed by atoms with Gasteiger partial charge in [0.1, 0.15) is 0 Å². The van der Waals surface area contributed by atoms with Gasteiger partial charge in [0.15, 0.2) is 0 Å². The number of methoxy groups -OCH3 is 1. The summed E-state index contributed by atoms with van der Waals surface area (Å²) >= 11 is 0. The molecule has 1 aromatic rings. The summed E-state index contributed by atoms with van der Waals surface area (Å²) in [5.41, 5.74) is 0.981. The molecule has 0 heterocycles. The summed E-state index contributed by atoms with van der Waals surface area (Å²) in [6.07, 6.45) is 0. The summed E-state index contributed by atoms with van der Waals surface area (Å²) in [5, 5.41) is 0. The van der Waals surface area contributed by atoms with Crippen LogP contribution in [-0.4, -0.2) is 7.11 Å². The average Bonchev–Trinajstić information content (AvgIpc) is 1.88. The third-order valence-electron chi connectivity index (χ3n) is 1.13. The number of benzene rings is 1. The van der Waals surface area contributed by atoms with E-state index in [0.29, 0.717) is 0 Å². The topological polar surface area (TPSA) is 9.23 Å². The van der Waals surface area contributed by atoms with Gasteiger partial charge in [-0.3, -0.25) is 0 Å². The SMILES string of the molecule is Cl.[CH2-]c1cccc(OC)c1.[Zn]. The van der Waals surface area contributed by atoms with Gasteiger partial charge in [-0.25, -0.2) is 0 Å². The van der Waals surface area contributed by atoms with Crippen LogP contribution >= 0.6 is 12.4 Å². The minimum Gasteiger partial charge on any atom is -0.510 e. The second kappa shape index (κ2) is 6.51. The van der Waals surface area contributed by atoms with Gasteiger partial charge in [0, 0.05) is 19.5 Å². The van der Waals surface area contributed by atoms with Crippen molar-refractivity contribution in [2.75, 3.05) is 7.11 Å². The molecule has 0 aliphatic rings. The molecule has 0 unspecified atom stereocenters. The standard InChI is InChI=1S/C8H9O.ClH.Zn/c1-7-4-3-5-8(6-7)9-2;;/h3-6H,1H2,2H3;1H;/q-1;;. The number of hydrogen-bond donors (Lipinski definition) is 0. The maximum atomic E-state index is 4.96. The van der Waals surface area contributed by atoms with Crippen LogP contribution in [0.2, 0.25) is 0 Å². The molecule has 0 spiro atoms. The van der Waals surface area contributed by atoms with E-state index in [1.165, 1.54) is 0 Å². The van der Waals surface area contributed by atoms with Crippen LogP contribution in [0.3, 0.4) is 0 Å². The van der Waals surface area contributed by atoms with E-state index in [4.69, 9.17) is 4.74 Å². The van der Waals surface area contributed by atoms with E-state index < -0.39 is 0 Å². The van der Waals surface area contributed by atoms with Crippen molar-refractivity contribution in [1.29, 1.82) is 0 Å². The first-order chi connectivity index (χ1) is 4.33. The molecule has 0 saturated heterocycles. The molecule has 0 radical (unpaired) electrons. The van der Waals surface area contributed by atoms with Crippen molar-refractivity contribution >= 4 is 12.4 Å². The van der Waals surface area contributed by atoms with Crippen LogP contribution in [0.1, 0.15) is 5.56 Å². The minimum absolute atomic E-state index is 0. The second-order valence-electron chi connectivity index (χ2n) is 1.85. The van der Waals surface area contributed by atoms with E-state index in [-0.39, 0.29) is 31.9 Å². The molecule has 0 N–H and O–H groups in total. The zero-order chi connectivity index (χ0) is 6.69. The van der Waals surface area contributed by atoms with Crippen LogP contribution in [0.15, 0.2) is 24.3 Å². The molecule has 0 aromatic heterocycles. The largest absolute Gasteiger partial charge is 0.510 e. The van der Waals surface area contributed by atoms with Crippen LogP contribution < -0.4 is 4.74 Å². The van der Waals surface area contributed by atoms with Crippen molar-refractivity contribution in [2.24, 2.45) is 0 Å². The Morgan fingerprint density at radius 2 is 2.00 bits per heavy atom. The van der Waals surface area contributed by atoms with Gasteiger partial charge in [-0.2, -0.15) is 18.6 Å². The molecule has 0 aliphatic carbocycles. The van der Waals surface area contributed by atoms with Crippen LogP contribution in [0, 0.1) is 6.92 Å². The van der Waals surface area contributed by atoms with Crippen LogP contribution in [0.25, 0.3) is 0 Å². The fourth-order valence-electron chi connectivity index (χ4n) is 0.672. The maximum Gasteiger partial charge on any atom is 0.0759 e. The Bertz CT molecular complexity index is 203. The van der Waals surface area contributed by atoms with Crippen LogP contribution in [0.5, 0.6) is 5.75 Å². The van der Waals surface area contributed by atoms with Crippen LogP contribution in [0.4, 0.5) is 0 Å². The van der Waals surface area contributed by atoms with Crippen molar-refractivity contribution in [3.8, 4) is 5.75 Å². The number of ether oxygens (including phenoxy) is 1. The van der Waals surface area contributed by atoms with Gasteiger partial charge in [-0.05, 0) is 6.07 Å². The first kappa shape index (κ1) is 13.4. The maximum absolute atomic E-state index is 4.96. The minimum atomic E-state index is 0. The van der Waals surface area contributed by atoms with Crippen molar-refractivity contribution in [3.05, 3.63) is 36.8 Å². The Balaban J connectivity index is 0. The Morgan fingerprint density at radius 3 is 2.36 bits per heavy atom. The molecular weight excluding hydrogens is 213 g/mol. The van der Waals surface area contributed by atoms with Crippen molar-refractivity contribution < 1.29 is 24.2 Å². The predicted octanol–water partition coefficient (Wildman–Crippen LogP) is 2.30. The number of halogens is 1. The Labute approximate surface area is 86.3 Å². The van der Waals surface area contributed by atoms with Gasteiger partial charge in [0.2, 0.25) is 0 Å². The van der Waals surface area contributed by atoms with E-state index in [2.05, 4.69) is 6.92 Å². The average molecular weight is 223 g/mol. The van der Waals surface area contributed by atoms with Crippen molar-refractivity contribution in [3.63, 3.8) is 0 Å². The normalized spacial score (nSPS) is 7.36.